The van der Waals surface area contributed by atoms with Crippen molar-refractivity contribution in [3.63, 3.8) is 0 Å². The van der Waals surface area contributed by atoms with E-state index in [0.29, 0.717) is 5.06 Å². The largest absolute Gasteiger partial charge is 0.381 e. The fraction of sp³-hybridized carbons (Fsp3) is 0.250. The third-order valence-electron chi connectivity index (χ3n) is 2.00. The fourth-order valence-corrected chi connectivity index (χ4v) is 1.23. The molecule has 0 aromatic carbocycles. The summed E-state index contributed by atoms with van der Waals surface area (Å²) in [4.78, 5) is 53.1. The monoisotopic (exact) mass is 225 g/mol. The van der Waals surface area contributed by atoms with Crippen LogP contribution in [0.1, 0.15) is 23.3 Å². The second-order valence-electron chi connectivity index (χ2n) is 3.12. The minimum atomic E-state index is -0.970. The Morgan fingerprint density at radius 1 is 1.25 bits per heavy atom. The average Bonchev–Trinajstić information content (AvgIpc) is 2.79. The highest BCUT2D eigenvalue weighted by Gasteiger charge is 2.33. The molecule has 84 valence electrons. The number of H-pyrrole nitrogens is 2. The first-order valence-electron chi connectivity index (χ1n) is 4.43. The molecular formula is C8H7N3O5. The number of hydrogen-bond acceptors (Lipinski definition) is 5. The molecule has 2 N–H and O–H groups in total. The topological polar surface area (TPSA) is 112 Å². The summed E-state index contributed by atoms with van der Waals surface area (Å²) in [7, 11) is 0. The highest BCUT2D eigenvalue weighted by atomic mass is 16.7. The molecule has 0 bridgehead atoms. The van der Waals surface area contributed by atoms with E-state index in [4.69, 9.17) is 0 Å². The van der Waals surface area contributed by atoms with Crippen LogP contribution in [-0.2, 0) is 14.4 Å². The Morgan fingerprint density at radius 2 is 1.88 bits per heavy atom. The van der Waals surface area contributed by atoms with Gasteiger partial charge in [0.1, 0.15) is 5.69 Å². The van der Waals surface area contributed by atoms with E-state index in [1.54, 1.807) is 0 Å². The molecule has 16 heavy (non-hydrogen) atoms. The third-order valence-corrected chi connectivity index (χ3v) is 2.00. The summed E-state index contributed by atoms with van der Waals surface area (Å²) in [5.41, 5.74) is -0.733. The number of aromatic nitrogens is 2. The van der Waals surface area contributed by atoms with Gasteiger partial charge in [0.2, 0.25) is 0 Å². The molecule has 1 aliphatic heterocycles. The maximum Gasteiger partial charge on any atom is 0.381 e. The number of nitrogens with one attached hydrogen (secondary N) is 2. The van der Waals surface area contributed by atoms with Crippen LogP contribution in [0.15, 0.2) is 11.0 Å². The van der Waals surface area contributed by atoms with Gasteiger partial charge in [0.15, 0.2) is 0 Å². The van der Waals surface area contributed by atoms with Gasteiger partial charge in [0.05, 0.1) is 0 Å². The highest BCUT2D eigenvalue weighted by molar-refractivity contribution is 6.02. The Hall–Kier alpha value is -2.38. The van der Waals surface area contributed by atoms with Crippen LogP contribution in [0.3, 0.4) is 0 Å². The van der Waals surface area contributed by atoms with Gasteiger partial charge in [0, 0.05) is 19.0 Å². The number of amides is 2. The van der Waals surface area contributed by atoms with Crippen LogP contribution in [0, 0.1) is 0 Å². The van der Waals surface area contributed by atoms with Gasteiger partial charge in [-0.2, -0.15) is 0 Å². The summed E-state index contributed by atoms with van der Waals surface area (Å²) in [6.45, 7) is 0. The number of imide groups is 1. The molecule has 1 aromatic heterocycles. The molecule has 1 aromatic rings. The molecule has 2 rings (SSSR count). The van der Waals surface area contributed by atoms with Crippen molar-refractivity contribution < 1.29 is 19.2 Å². The molecular weight excluding hydrogens is 218 g/mol. The lowest BCUT2D eigenvalue weighted by atomic mass is 10.4. The maximum atomic E-state index is 11.3. The molecule has 0 atom stereocenters. The molecule has 8 nitrogen and oxygen atoms in total. The SMILES string of the molecule is O=C(ON1C(=O)CCC1=O)c1c[nH]c(=O)[nH]1. The number of nitrogens with zero attached hydrogens (tertiary/aromatic N) is 1. The lowest BCUT2D eigenvalue weighted by Crippen LogP contribution is -2.32. The van der Waals surface area contributed by atoms with Crippen molar-refractivity contribution in [2.24, 2.45) is 0 Å². The molecule has 8 heteroatoms. The van der Waals surface area contributed by atoms with Crippen LogP contribution in [-0.4, -0.2) is 32.8 Å². The Labute approximate surface area is 88.2 Å². The predicted octanol–water partition coefficient (Wildman–Crippen LogP) is -1.08. The molecule has 1 aliphatic rings. The summed E-state index contributed by atoms with van der Waals surface area (Å²) >= 11 is 0. The van der Waals surface area contributed by atoms with Crippen LogP contribution in [0.2, 0.25) is 0 Å². The minimum absolute atomic E-state index is 0.0236. The molecule has 2 amide bonds. The van der Waals surface area contributed by atoms with Gasteiger partial charge >= 0.3 is 11.7 Å². The number of carbonyl (C=O) groups excluding carboxylic acids is 3. The summed E-state index contributed by atoms with van der Waals surface area (Å²) < 4.78 is 0. The number of aromatic amines is 2. The Kier molecular flexibility index (Phi) is 2.31. The van der Waals surface area contributed by atoms with Crippen molar-refractivity contribution in [3.05, 3.63) is 22.4 Å². The maximum absolute atomic E-state index is 11.3. The number of hydroxylamine groups is 2. The Bertz CT molecular complexity index is 498. The predicted molar refractivity (Wildman–Crippen MR) is 47.9 cm³/mol. The second kappa shape index (κ2) is 3.65. The summed E-state index contributed by atoms with van der Waals surface area (Å²) in [6.07, 6.45) is 1.14. The van der Waals surface area contributed by atoms with Crippen LogP contribution < -0.4 is 5.69 Å². The van der Waals surface area contributed by atoms with Crippen LogP contribution >= 0.6 is 0 Å². The summed E-state index contributed by atoms with van der Waals surface area (Å²) in [5.74, 6) is -2.12. The Balaban J connectivity index is 2.10. The van der Waals surface area contributed by atoms with E-state index in [1.165, 1.54) is 0 Å². The van der Waals surface area contributed by atoms with E-state index in [1.807, 2.05) is 0 Å². The quantitative estimate of drug-likeness (QED) is 0.622. The first-order valence-corrected chi connectivity index (χ1v) is 4.43. The van der Waals surface area contributed by atoms with Crippen molar-refractivity contribution >= 4 is 17.8 Å². The number of hydrogen-bond donors (Lipinski definition) is 2. The average molecular weight is 225 g/mol. The lowest BCUT2D eigenvalue weighted by Gasteiger charge is -2.11. The van der Waals surface area contributed by atoms with E-state index in [2.05, 4.69) is 14.8 Å². The fourth-order valence-electron chi connectivity index (χ4n) is 1.23. The minimum Gasteiger partial charge on any atom is -0.323 e. The zero-order chi connectivity index (χ0) is 11.7. The van der Waals surface area contributed by atoms with Crippen LogP contribution in [0.25, 0.3) is 0 Å². The normalized spacial score (nSPS) is 15.6. The lowest BCUT2D eigenvalue weighted by molar-refractivity contribution is -0.172. The molecule has 2 heterocycles. The van der Waals surface area contributed by atoms with E-state index in [0.717, 1.165) is 6.20 Å². The standard InChI is InChI=1S/C8H7N3O5/c12-5-1-2-6(13)11(5)16-7(14)4-3-9-8(15)10-4/h3H,1-2H2,(H2,9,10,15). The number of imidazole rings is 1. The van der Waals surface area contributed by atoms with Gasteiger partial charge in [-0.3, -0.25) is 9.59 Å². The number of carbonyl (C=O) groups is 3. The molecule has 0 saturated carbocycles. The van der Waals surface area contributed by atoms with E-state index >= 15 is 0 Å². The summed E-state index contributed by atoms with van der Waals surface area (Å²) in [6, 6.07) is 0. The van der Waals surface area contributed by atoms with Crippen molar-refractivity contribution in [3.8, 4) is 0 Å². The van der Waals surface area contributed by atoms with Crippen molar-refractivity contribution in [2.45, 2.75) is 12.8 Å². The van der Waals surface area contributed by atoms with Crippen molar-refractivity contribution in [1.29, 1.82) is 0 Å². The van der Waals surface area contributed by atoms with Gasteiger partial charge in [0.25, 0.3) is 11.8 Å². The molecule has 1 fully saturated rings. The molecule has 0 radical (unpaired) electrons. The first kappa shape index (κ1) is 10.1. The van der Waals surface area contributed by atoms with Gasteiger partial charge in [-0.1, -0.05) is 0 Å². The zero-order valence-electron chi connectivity index (χ0n) is 7.98. The highest BCUT2D eigenvalue weighted by Crippen LogP contribution is 2.13. The number of rotatable bonds is 2. The van der Waals surface area contributed by atoms with E-state index in [-0.39, 0.29) is 18.5 Å². The van der Waals surface area contributed by atoms with Crippen LogP contribution in [0.4, 0.5) is 0 Å². The van der Waals surface area contributed by atoms with Gasteiger partial charge in [-0.15, -0.1) is 5.06 Å². The van der Waals surface area contributed by atoms with Crippen molar-refractivity contribution in [2.75, 3.05) is 0 Å². The molecule has 0 unspecified atom stereocenters. The van der Waals surface area contributed by atoms with Crippen LogP contribution in [0.5, 0.6) is 0 Å². The van der Waals surface area contributed by atoms with E-state index in [9.17, 15) is 19.2 Å². The van der Waals surface area contributed by atoms with Gasteiger partial charge in [-0.25, -0.2) is 9.59 Å². The smallest absolute Gasteiger partial charge is 0.323 e. The molecule has 0 aliphatic carbocycles. The van der Waals surface area contributed by atoms with Gasteiger partial charge < -0.3 is 14.8 Å². The van der Waals surface area contributed by atoms with Crippen molar-refractivity contribution in [1.82, 2.24) is 15.0 Å². The zero-order valence-corrected chi connectivity index (χ0v) is 7.98. The molecule has 0 spiro atoms. The molecule has 1 saturated heterocycles. The summed E-state index contributed by atoms with van der Waals surface area (Å²) in [5, 5.41) is 0.410. The second-order valence-corrected chi connectivity index (χ2v) is 3.12. The van der Waals surface area contributed by atoms with E-state index < -0.39 is 23.5 Å². The van der Waals surface area contributed by atoms with Gasteiger partial charge in [-0.05, 0) is 0 Å². The third kappa shape index (κ3) is 1.72. The Morgan fingerprint density at radius 3 is 2.38 bits per heavy atom. The first-order chi connectivity index (χ1) is 7.58.